The van der Waals surface area contributed by atoms with Crippen molar-refractivity contribution >= 4 is 11.9 Å². The molecular weight excluding hydrogens is 269 g/mol. The first-order valence-corrected chi connectivity index (χ1v) is 6.05. The molecule has 1 aromatic carbocycles. The van der Waals surface area contributed by atoms with Crippen molar-refractivity contribution in [3.63, 3.8) is 0 Å². The molecule has 0 aliphatic rings. The second-order valence-electron chi connectivity index (χ2n) is 4.00. The summed E-state index contributed by atoms with van der Waals surface area (Å²) >= 11 is 0. The van der Waals surface area contributed by atoms with Crippen LogP contribution in [0.25, 0.3) is 0 Å². The van der Waals surface area contributed by atoms with Gasteiger partial charge in [-0.15, -0.1) is 0 Å². The quantitative estimate of drug-likeness (QED) is 0.648. The summed E-state index contributed by atoms with van der Waals surface area (Å²) in [6, 6.07) is 4.64. The molecule has 0 saturated carbocycles. The highest BCUT2D eigenvalue weighted by Crippen LogP contribution is 2.15. The van der Waals surface area contributed by atoms with E-state index in [-0.39, 0.29) is 31.8 Å². The lowest BCUT2D eigenvalue weighted by atomic mass is 10.2. The number of carboxylic acids is 1. The largest absolute Gasteiger partial charge is 0.490 e. The Labute approximate surface area is 115 Å². The van der Waals surface area contributed by atoms with Gasteiger partial charge in [0.25, 0.3) is 0 Å². The molecule has 6 nitrogen and oxygen atoms in total. The number of carboxylic acid groups (broad SMARTS) is 1. The molecule has 1 rings (SSSR count). The number of ether oxygens (including phenoxy) is 1. The highest BCUT2D eigenvalue weighted by molar-refractivity contribution is 5.83. The van der Waals surface area contributed by atoms with E-state index in [0.717, 1.165) is 0 Å². The molecule has 0 aromatic heterocycles. The van der Waals surface area contributed by atoms with Crippen LogP contribution in [0.4, 0.5) is 4.39 Å². The van der Waals surface area contributed by atoms with E-state index in [2.05, 4.69) is 5.32 Å². The van der Waals surface area contributed by atoms with Gasteiger partial charge in [0.1, 0.15) is 6.04 Å². The van der Waals surface area contributed by atoms with Gasteiger partial charge < -0.3 is 20.3 Å². The van der Waals surface area contributed by atoms with Gasteiger partial charge in [-0.2, -0.15) is 0 Å². The zero-order valence-corrected chi connectivity index (χ0v) is 10.7. The van der Waals surface area contributed by atoms with Crippen LogP contribution in [-0.4, -0.2) is 41.3 Å². The second kappa shape index (κ2) is 8.11. The number of hydrogen-bond acceptors (Lipinski definition) is 4. The van der Waals surface area contributed by atoms with Crippen LogP contribution in [0.15, 0.2) is 24.3 Å². The molecule has 0 unspecified atom stereocenters. The molecule has 3 N–H and O–H groups in total. The van der Waals surface area contributed by atoms with Crippen molar-refractivity contribution in [2.24, 2.45) is 0 Å². The van der Waals surface area contributed by atoms with E-state index in [0.29, 0.717) is 0 Å². The van der Waals surface area contributed by atoms with Crippen LogP contribution in [0.5, 0.6) is 5.75 Å². The number of benzene rings is 1. The number of aliphatic carboxylic acids is 1. The summed E-state index contributed by atoms with van der Waals surface area (Å²) in [6.45, 7) is -0.415. The third-order valence-electron chi connectivity index (χ3n) is 2.47. The van der Waals surface area contributed by atoms with Crippen molar-refractivity contribution in [2.75, 3.05) is 13.2 Å². The second-order valence-corrected chi connectivity index (χ2v) is 4.00. The fourth-order valence-electron chi connectivity index (χ4n) is 1.47. The summed E-state index contributed by atoms with van der Waals surface area (Å²) in [5.41, 5.74) is 0. The number of halogens is 1. The lowest BCUT2D eigenvalue weighted by molar-refractivity contribution is -0.142. The normalized spacial score (nSPS) is 11.7. The van der Waals surface area contributed by atoms with Crippen LogP contribution in [0.1, 0.15) is 12.8 Å². The van der Waals surface area contributed by atoms with Gasteiger partial charge in [0.05, 0.1) is 13.0 Å². The van der Waals surface area contributed by atoms with E-state index in [4.69, 9.17) is 14.9 Å². The van der Waals surface area contributed by atoms with E-state index < -0.39 is 23.7 Å². The SMILES string of the molecule is O=C(CCOc1ccccc1F)N[C@@H](CCO)C(=O)O. The molecule has 1 aromatic rings. The molecule has 110 valence electrons. The molecule has 20 heavy (non-hydrogen) atoms. The van der Waals surface area contributed by atoms with Gasteiger partial charge >= 0.3 is 5.97 Å². The van der Waals surface area contributed by atoms with Crippen molar-refractivity contribution in [1.29, 1.82) is 0 Å². The first kappa shape index (κ1) is 15.9. The minimum absolute atomic E-state index is 0.0328. The van der Waals surface area contributed by atoms with Crippen LogP contribution < -0.4 is 10.1 Å². The predicted octanol–water partition coefficient (Wildman–Crippen LogP) is 0.546. The summed E-state index contributed by atoms with van der Waals surface area (Å²) in [5, 5.41) is 19.7. The van der Waals surface area contributed by atoms with Gasteiger partial charge in [-0.3, -0.25) is 4.79 Å². The predicted molar refractivity (Wildman–Crippen MR) is 67.8 cm³/mol. The standard InChI is InChI=1S/C13H16FNO5/c14-9-3-1-2-4-11(9)20-8-6-12(17)15-10(5-7-16)13(18)19/h1-4,10,16H,5-8H2,(H,15,17)(H,18,19)/t10-/m0/s1. The van der Waals surface area contributed by atoms with Gasteiger partial charge in [0, 0.05) is 13.0 Å². The molecule has 0 spiro atoms. The Bertz CT molecular complexity index is 466. The topological polar surface area (TPSA) is 95.9 Å². The Hall–Kier alpha value is -2.15. The van der Waals surface area contributed by atoms with Gasteiger partial charge in [0.2, 0.25) is 5.91 Å². The molecule has 0 aliphatic heterocycles. The number of aliphatic hydroxyl groups is 1. The van der Waals surface area contributed by atoms with Gasteiger partial charge in [-0.05, 0) is 12.1 Å². The molecule has 0 aliphatic carbocycles. The van der Waals surface area contributed by atoms with E-state index in [1.165, 1.54) is 18.2 Å². The molecule has 0 fully saturated rings. The highest BCUT2D eigenvalue weighted by Gasteiger charge is 2.18. The molecule has 0 heterocycles. The first-order chi connectivity index (χ1) is 9.54. The third kappa shape index (κ3) is 5.23. The van der Waals surface area contributed by atoms with Gasteiger partial charge in [-0.25, -0.2) is 9.18 Å². The Morgan fingerprint density at radius 2 is 2.05 bits per heavy atom. The first-order valence-electron chi connectivity index (χ1n) is 6.05. The van der Waals surface area contributed by atoms with E-state index in [9.17, 15) is 14.0 Å². The van der Waals surface area contributed by atoms with Crippen molar-refractivity contribution < 1.29 is 28.9 Å². The number of carbonyl (C=O) groups is 2. The van der Waals surface area contributed by atoms with Crippen LogP contribution in [0, 0.1) is 5.82 Å². The van der Waals surface area contributed by atoms with Crippen molar-refractivity contribution in [2.45, 2.75) is 18.9 Å². The molecule has 0 bridgehead atoms. The van der Waals surface area contributed by atoms with Gasteiger partial charge in [0.15, 0.2) is 11.6 Å². The third-order valence-corrected chi connectivity index (χ3v) is 2.47. The van der Waals surface area contributed by atoms with Crippen LogP contribution >= 0.6 is 0 Å². The van der Waals surface area contributed by atoms with E-state index in [1.54, 1.807) is 6.07 Å². The molecule has 0 radical (unpaired) electrons. The number of para-hydroxylation sites is 1. The number of hydrogen-bond donors (Lipinski definition) is 3. The number of nitrogens with one attached hydrogen (secondary N) is 1. The number of aliphatic hydroxyl groups excluding tert-OH is 1. The van der Waals surface area contributed by atoms with Crippen molar-refractivity contribution in [3.8, 4) is 5.75 Å². The summed E-state index contributed by atoms with van der Waals surface area (Å²) in [5.74, 6) is -2.26. The van der Waals surface area contributed by atoms with Crippen molar-refractivity contribution in [3.05, 3.63) is 30.1 Å². The van der Waals surface area contributed by atoms with Crippen LogP contribution in [0.3, 0.4) is 0 Å². The molecule has 7 heteroatoms. The minimum Gasteiger partial charge on any atom is -0.490 e. The lowest BCUT2D eigenvalue weighted by Gasteiger charge is -2.13. The average molecular weight is 285 g/mol. The number of rotatable bonds is 8. The summed E-state index contributed by atoms with van der Waals surface area (Å²) in [4.78, 5) is 22.2. The Morgan fingerprint density at radius 3 is 2.65 bits per heavy atom. The minimum atomic E-state index is -1.22. The Balaban J connectivity index is 2.36. The number of amides is 1. The van der Waals surface area contributed by atoms with Gasteiger partial charge in [-0.1, -0.05) is 12.1 Å². The number of carbonyl (C=O) groups excluding carboxylic acids is 1. The maximum atomic E-state index is 13.2. The Kier molecular flexibility index (Phi) is 6.45. The smallest absolute Gasteiger partial charge is 0.326 e. The van der Waals surface area contributed by atoms with E-state index >= 15 is 0 Å². The zero-order valence-electron chi connectivity index (χ0n) is 10.7. The molecule has 1 amide bonds. The maximum Gasteiger partial charge on any atom is 0.326 e. The van der Waals surface area contributed by atoms with Crippen LogP contribution in [0.2, 0.25) is 0 Å². The van der Waals surface area contributed by atoms with Crippen molar-refractivity contribution in [1.82, 2.24) is 5.32 Å². The lowest BCUT2D eigenvalue weighted by Crippen LogP contribution is -2.41. The summed E-state index contributed by atoms with van der Waals surface area (Å²) in [6.07, 6.45) is -0.182. The molecule has 0 saturated heterocycles. The fraction of sp³-hybridized carbons (Fsp3) is 0.385. The highest BCUT2D eigenvalue weighted by atomic mass is 19.1. The maximum absolute atomic E-state index is 13.2. The monoisotopic (exact) mass is 285 g/mol. The Morgan fingerprint density at radius 1 is 1.35 bits per heavy atom. The zero-order chi connectivity index (χ0) is 15.0. The fourth-order valence-corrected chi connectivity index (χ4v) is 1.47. The van der Waals surface area contributed by atoms with E-state index in [1.807, 2.05) is 0 Å². The average Bonchev–Trinajstić information content (AvgIpc) is 2.40. The summed E-state index contributed by atoms with van der Waals surface area (Å²) in [7, 11) is 0. The molecular formula is C13H16FNO5. The molecule has 1 atom stereocenters. The summed E-state index contributed by atoms with van der Waals surface area (Å²) < 4.78 is 18.3. The van der Waals surface area contributed by atoms with Crippen LogP contribution in [-0.2, 0) is 9.59 Å².